The fourth-order valence-corrected chi connectivity index (χ4v) is 8.69. The molecule has 4 aromatic carbocycles. The van der Waals surface area contributed by atoms with Gasteiger partial charge < -0.3 is 66.6 Å². The standard InChI is InChI=1S/C35H52N4O7.C32H46N4O6/c1-8-24(4)31(32(42)36-29(21-40)23(2)3)39-30(41)20-28(37-33(43)45-22-26-17-13-10-14-18-26)27(19-25-15-11-9-12-16-25)38-34(44)46-35(5,6)7;1-22(2)17-18-33-29(38)23(3)34-28(37)20-27(35-30(39)41-21-25-15-11-8-12-16-25)26(19-24-13-9-7-10-14-24)36-31(40)42-32(4,5)6/h9-18,23-24,27-29,31,40H,8,19-22H2,1-7H3,(H,36,42)(H,37,43)(H,38,44)(H,39,41);7-16,22-23,26-27H,17-21H2,1-6H3,(H,33,38)(H,34,37)(H,35,39)(H,36,40)/t24-,27-,28-,29+,31-;23-,26-,27-/m00/s1. The number of ether oxygens (including phenoxy) is 4. The van der Waals surface area contributed by atoms with Gasteiger partial charge in [-0.25, -0.2) is 19.2 Å². The van der Waals surface area contributed by atoms with Crippen LogP contribution in [-0.2, 0) is 64.2 Å². The van der Waals surface area contributed by atoms with Crippen molar-refractivity contribution in [2.24, 2.45) is 17.8 Å². The number of carbonyl (C=O) groups is 8. The summed E-state index contributed by atoms with van der Waals surface area (Å²) < 4.78 is 21.9. The summed E-state index contributed by atoms with van der Waals surface area (Å²) in [4.78, 5) is 104. The van der Waals surface area contributed by atoms with E-state index >= 15 is 0 Å². The second kappa shape index (κ2) is 38.2. The number of benzene rings is 4. The number of alkyl carbamates (subject to hydrolysis) is 4. The van der Waals surface area contributed by atoms with E-state index in [1.165, 1.54) is 0 Å². The summed E-state index contributed by atoms with van der Waals surface area (Å²) in [5.41, 5.74) is 1.77. The molecule has 8 amide bonds. The molecule has 0 fully saturated rings. The van der Waals surface area contributed by atoms with E-state index in [4.69, 9.17) is 18.9 Å². The van der Waals surface area contributed by atoms with Gasteiger partial charge in [-0.3, -0.25) is 19.2 Å². The van der Waals surface area contributed by atoms with Crippen molar-refractivity contribution in [1.29, 1.82) is 0 Å². The van der Waals surface area contributed by atoms with Gasteiger partial charge in [0, 0.05) is 19.4 Å². The molecule has 88 heavy (non-hydrogen) atoms. The predicted molar refractivity (Wildman–Crippen MR) is 338 cm³/mol. The Morgan fingerprint density at radius 3 is 1.18 bits per heavy atom. The first kappa shape index (κ1) is 74.1. The monoisotopic (exact) mass is 1220 g/mol. The summed E-state index contributed by atoms with van der Waals surface area (Å²) in [5.74, 6) is -1.50. The minimum Gasteiger partial charge on any atom is -0.445 e. The fraction of sp³-hybridized carbons (Fsp3) is 0.522. The Hall–Kier alpha value is -8.20. The van der Waals surface area contributed by atoms with Gasteiger partial charge in [-0.2, -0.15) is 0 Å². The molecule has 0 bridgehead atoms. The molecule has 4 rings (SSSR count). The van der Waals surface area contributed by atoms with E-state index in [2.05, 4.69) is 56.4 Å². The Bertz CT molecular complexity index is 2740. The maximum atomic E-state index is 13.6. The lowest BCUT2D eigenvalue weighted by atomic mass is 9.94. The van der Waals surface area contributed by atoms with Gasteiger partial charge in [-0.15, -0.1) is 0 Å². The Kier molecular flexibility index (Phi) is 32.1. The van der Waals surface area contributed by atoms with Crippen LogP contribution in [0.2, 0.25) is 0 Å². The Balaban J connectivity index is 0.000000462. The first-order chi connectivity index (χ1) is 41.5. The highest BCUT2D eigenvalue weighted by atomic mass is 16.6. The van der Waals surface area contributed by atoms with E-state index in [1.807, 2.05) is 149 Å². The predicted octanol–water partition coefficient (Wildman–Crippen LogP) is 8.95. The van der Waals surface area contributed by atoms with Gasteiger partial charge >= 0.3 is 24.4 Å². The molecule has 0 saturated heterocycles. The summed E-state index contributed by atoms with van der Waals surface area (Å²) >= 11 is 0. The summed E-state index contributed by atoms with van der Waals surface area (Å²) in [6, 6.07) is 31.5. The molecule has 0 unspecified atom stereocenters. The van der Waals surface area contributed by atoms with Crippen molar-refractivity contribution in [2.75, 3.05) is 13.2 Å². The molecule has 0 saturated carbocycles. The van der Waals surface area contributed by atoms with Gasteiger partial charge in [0.2, 0.25) is 23.6 Å². The number of nitrogens with one attached hydrogen (secondary N) is 8. The third-order valence-electron chi connectivity index (χ3n) is 13.7. The minimum absolute atomic E-state index is 0.00652. The quantitative estimate of drug-likeness (QED) is 0.0221. The van der Waals surface area contributed by atoms with Crippen LogP contribution in [0, 0.1) is 17.8 Å². The molecule has 0 spiro atoms. The summed E-state index contributed by atoms with van der Waals surface area (Å²) in [6.07, 6.45) is -1.44. The largest absolute Gasteiger partial charge is 0.445 e. The first-order valence-corrected chi connectivity index (χ1v) is 30.3. The molecule has 0 aliphatic rings. The second-order valence-electron chi connectivity index (χ2n) is 24.7. The maximum Gasteiger partial charge on any atom is 0.407 e. The van der Waals surface area contributed by atoms with Gasteiger partial charge in [-0.1, -0.05) is 169 Å². The Labute approximate surface area is 520 Å². The van der Waals surface area contributed by atoms with E-state index < -0.39 is 95.6 Å². The number of rotatable bonds is 30. The summed E-state index contributed by atoms with van der Waals surface area (Å²) in [7, 11) is 0. The summed E-state index contributed by atoms with van der Waals surface area (Å²) in [6.45, 7) is 24.0. The number of aliphatic hydroxyl groups is 1. The minimum atomic E-state index is -0.947. The molecule has 0 aromatic heterocycles. The lowest BCUT2D eigenvalue weighted by molar-refractivity contribution is -0.131. The highest BCUT2D eigenvalue weighted by Gasteiger charge is 2.35. The summed E-state index contributed by atoms with van der Waals surface area (Å²) in [5, 5.41) is 32.2. The van der Waals surface area contributed by atoms with Crippen LogP contribution in [0.5, 0.6) is 0 Å². The molecule has 0 aliphatic heterocycles. The van der Waals surface area contributed by atoms with Crippen LogP contribution in [0.25, 0.3) is 0 Å². The van der Waals surface area contributed by atoms with Crippen LogP contribution in [-0.4, -0.2) is 120 Å². The third kappa shape index (κ3) is 30.9. The maximum absolute atomic E-state index is 13.6. The second-order valence-corrected chi connectivity index (χ2v) is 24.7. The zero-order valence-corrected chi connectivity index (χ0v) is 53.7. The van der Waals surface area contributed by atoms with Crippen LogP contribution in [0.3, 0.4) is 0 Å². The van der Waals surface area contributed by atoms with Crippen molar-refractivity contribution < 1.29 is 62.4 Å². The molecular formula is C67H98N8O13. The van der Waals surface area contributed by atoms with Crippen molar-refractivity contribution in [3.63, 3.8) is 0 Å². The molecule has 21 heteroatoms. The van der Waals surface area contributed by atoms with Crippen molar-refractivity contribution in [3.05, 3.63) is 144 Å². The highest BCUT2D eigenvalue weighted by Crippen LogP contribution is 2.17. The van der Waals surface area contributed by atoms with Gasteiger partial charge in [0.25, 0.3) is 0 Å². The number of aliphatic hydroxyl groups excluding tert-OH is 1. The van der Waals surface area contributed by atoms with Crippen LogP contribution < -0.4 is 42.5 Å². The van der Waals surface area contributed by atoms with Gasteiger partial charge in [-0.05, 0) is 108 Å². The normalized spacial score (nSPS) is 14.0. The molecule has 4 aromatic rings. The van der Waals surface area contributed by atoms with Crippen molar-refractivity contribution in [3.8, 4) is 0 Å². The molecule has 8 atom stereocenters. The molecule has 0 aliphatic carbocycles. The van der Waals surface area contributed by atoms with Gasteiger partial charge in [0.1, 0.15) is 36.5 Å². The van der Waals surface area contributed by atoms with E-state index in [1.54, 1.807) is 48.5 Å². The van der Waals surface area contributed by atoms with Crippen molar-refractivity contribution in [2.45, 2.75) is 195 Å². The highest BCUT2D eigenvalue weighted by molar-refractivity contribution is 5.89. The van der Waals surface area contributed by atoms with E-state index in [9.17, 15) is 43.5 Å². The zero-order valence-electron chi connectivity index (χ0n) is 53.7. The lowest BCUT2D eigenvalue weighted by Crippen LogP contribution is -2.57. The molecule has 0 radical (unpaired) electrons. The number of carbonyl (C=O) groups excluding carboxylic acids is 8. The molecule has 0 heterocycles. The van der Waals surface area contributed by atoms with Crippen LogP contribution >= 0.6 is 0 Å². The number of hydrogen-bond donors (Lipinski definition) is 9. The molecule has 484 valence electrons. The third-order valence-corrected chi connectivity index (χ3v) is 13.7. The van der Waals surface area contributed by atoms with E-state index in [0.29, 0.717) is 25.3 Å². The molecule has 9 N–H and O–H groups in total. The van der Waals surface area contributed by atoms with Crippen LogP contribution in [0.1, 0.15) is 138 Å². The van der Waals surface area contributed by atoms with E-state index in [-0.39, 0.29) is 56.8 Å². The first-order valence-electron chi connectivity index (χ1n) is 30.3. The number of hydrogen-bond acceptors (Lipinski definition) is 13. The molecular weight excluding hydrogens is 1120 g/mol. The fourth-order valence-electron chi connectivity index (χ4n) is 8.69. The lowest BCUT2D eigenvalue weighted by Gasteiger charge is -2.31. The zero-order chi connectivity index (χ0) is 65.4. The Morgan fingerprint density at radius 1 is 0.455 bits per heavy atom. The topological polar surface area (TPSA) is 290 Å². The number of amides is 8. The van der Waals surface area contributed by atoms with E-state index in [0.717, 1.165) is 28.7 Å². The smallest absolute Gasteiger partial charge is 0.407 e. The van der Waals surface area contributed by atoms with Gasteiger partial charge in [0.05, 0.1) is 36.8 Å². The average Bonchev–Trinajstić information content (AvgIpc) is 3.67. The van der Waals surface area contributed by atoms with Crippen molar-refractivity contribution in [1.82, 2.24) is 42.5 Å². The van der Waals surface area contributed by atoms with Gasteiger partial charge in [0.15, 0.2) is 0 Å². The SMILES string of the molecule is CC(C)CCNC(=O)[C@H](C)NC(=O)C[C@H](NC(=O)OCc1ccccc1)[C@H](Cc1ccccc1)NC(=O)OC(C)(C)C.CC[C@H](C)[C@H](NC(=O)C[C@H](NC(=O)OCc1ccccc1)[C@H](Cc1ccccc1)NC(=O)OC(C)(C)C)C(=O)N[C@H](CO)C(C)C. The Morgan fingerprint density at radius 2 is 0.830 bits per heavy atom. The van der Waals surface area contributed by atoms with Crippen LogP contribution in [0.4, 0.5) is 19.2 Å². The van der Waals surface area contributed by atoms with Crippen LogP contribution in [0.15, 0.2) is 121 Å². The molecule has 21 nitrogen and oxygen atoms in total. The average molecular weight is 1220 g/mol. The van der Waals surface area contributed by atoms with Crippen molar-refractivity contribution >= 4 is 48.0 Å².